The van der Waals surface area contributed by atoms with Gasteiger partial charge in [0.05, 0.1) is 10.5 Å². The van der Waals surface area contributed by atoms with Crippen molar-refractivity contribution >= 4 is 22.0 Å². The third-order valence-corrected chi connectivity index (χ3v) is 4.89. The Morgan fingerprint density at radius 1 is 1.00 bits per heavy atom. The molecule has 24 heavy (non-hydrogen) atoms. The van der Waals surface area contributed by atoms with Gasteiger partial charge in [0.2, 0.25) is 10.0 Å². The Kier molecular flexibility index (Phi) is 5.01. The van der Waals surface area contributed by atoms with Crippen LogP contribution in [0.15, 0.2) is 53.4 Å². The van der Waals surface area contributed by atoms with Crippen molar-refractivity contribution in [3.05, 3.63) is 54.1 Å². The molecule has 2 rings (SSSR count). The summed E-state index contributed by atoms with van der Waals surface area (Å²) in [7, 11) is -3.98. The lowest BCUT2D eigenvalue weighted by Gasteiger charge is -2.11. The van der Waals surface area contributed by atoms with Gasteiger partial charge in [-0.05, 0) is 36.2 Å². The first-order valence-electron chi connectivity index (χ1n) is 6.90. The summed E-state index contributed by atoms with van der Waals surface area (Å²) in [6.07, 6.45) is 0. The molecular weight excluding hydrogens is 334 g/mol. The van der Waals surface area contributed by atoms with Crippen molar-refractivity contribution in [2.45, 2.75) is 17.9 Å². The maximum Gasteiger partial charge on any atom is 0.336 e. The number of carbonyl (C=O) groups is 2. The van der Waals surface area contributed by atoms with Crippen LogP contribution in [0.25, 0.3) is 11.1 Å². The summed E-state index contributed by atoms with van der Waals surface area (Å²) in [6, 6.07) is 10.6. The van der Waals surface area contributed by atoms with Crippen molar-refractivity contribution < 1.29 is 28.2 Å². The van der Waals surface area contributed by atoms with E-state index >= 15 is 0 Å². The van der Waals surface area contributed by atoms with Crippen molar-refractivity contribution in [2.24, 2.45) is 0 Å². The van der Waals surface area contributed by atoms with Crippen LogP contribution < -0.4 is 4.72 Å². The van der Waals surface area contributed by atoms with Crippen LogP contribution in [0.2, 0.25) is 0 Å². The van der Waals surface area contributed by atoms with Crippen LogP contribution in [0.1, 0.15) is 17.3 Å². The first-order chi connectivity index (χ1) is 11.2. The summed E-state index contributed by atoms with van der Waals surface area (Å²) in [6.45, 7) is 1.22. The van der Waals surface area contributed by atoms with Gasteiger partial charge < -0.3 is 10.2 Å². The minimum atomic E-state index is -3.98. The van der Waals surface area contributed by atoms with E-state index in [4.69, 9.17) is 5.11 Å². The van der Waals surface area contributed by atoms with E-state index in [1.165, 1.54) is 37.3 Å². The zero-order valence-corrected chi connectivity index (χ0v) is 13.4. The maximum absolute atomic E-state index is 12.1. The highest BCUT2D eigenvalue weighted by Crippen LogP contribution is 2.25. The summed E-state index contributed by atoms with van der Waals surface area (Å²) in [5.41, 5.74) is 1.10. The number of benzene rings is 2. The van der Waals surface area contributed by atoms with Crippen LogP contribution in [0.3, 0.4) is 0 Å². The van der Waals surface area contributed by atoms with Crippen LogP contribution in [0.5, 0.6) is 0 Å². The Bertz CT molecular complexity index is 874. The average Bonchev–Trinajstić information content (AvgIpc) is 2.54. The summed E-state index contributed by atoms with van der Waals surface area (Å²) in [5, 5.41) is 18.0. The topological polar surface area (TPSA) is 121 Å². The number of sulfonamides is 1. The van der Waals surface area contributed by atoms with E-state index in [1.807, 2.05) is 4.72 Å². The lowest BCUT2D eigenvalue weighted by Crippen LogP contribution is -2.38. The summed E-state index contributed by atoms with van der Waals surface area (Å²) in [5.74, 6) is -2.37. The number of nitrogens with one attached hydrogen (secondary N) is 1. The number of hydrogen-bond acceptors (Lipinski definition) is 4. The summed E-state index contributed by atoms with van der Waals surface area (Å²) < 4.78 is 26.2. The first kappa shape index (κ1) is 17.6. The van der Waals surface area contributed by atoms with E-state index in [1.54, 1.807) is 18.2 Å². The second kappa shape index (κ2) is 6.81. The molecule has 0 fully saturated rings. The van der Waals surface area contributed by atoms with Crippen LogP contribution in [0, 0.1) is 0 Å². The van der Waals surface area contributed by atoms with Crippen LogP contribution >= 0.6 is 0 Å². The molecule has 0 saturated heterocycles. The van der Waals surface area contributed by atoms with Crippen LogP contribution in [-0.4, -0.2) is 36.6 Å². The molecule has 126 valence electrons. The number of rotatable bonds is 6. The molecule has 3 N–H and O–H groups in total. The molecule has 1 atom stereocenters. The highest BCUT2D eigenvalue weighted by atomic mass is 32.2. The molecule has 1 unspecified atom stereocenters. The molecule has 8 heteroatoms. The van der Waals surface area contributed by atoms with E-state index < -0.39 is 28.0 Å². The van der Waals surface area contributed by atoms with Crippen LogP contribution in [-0.2, 0) is 14.8 Å². The molecule has 0 aromatic heterocycles. The van der Waals surface area contributed by atoms with Gasteiger partial charge in [-0.25, -0.2) is 13.2 Å². The lowest BCUT2D eigenvalue weighted by molar-refractivity contribution is -0.138. The quantitative estimate of drug-likeness (QED) is 0.731. The highest BCUT2D eigenvalue weighted by molar-refractivity contribution is 7.89. The SMILES string of the molecule is CC(NS(=O)(=O)c1ccc(-c2ccccc2C(=O)O)cc1)C(=O)O. The molecule has 0 amide bonds. The molecule has 0 spiro atoms. The Balaban J connectivity index is 2.35. The molecular formula is C16H15NO6S. The average molecular weight is 349 g/mol. The van der Waals surface area contributed by atoms with E-state index in [2.05, 4.69) is 0 Å². The van der Waals surface area contributed by atoms with Gasteiger partial charge in [0.1, 0.15) is 6.04 Å². The van der Waals surface area contributed by atoms with Crippen molar-refractivity contribution in [1.29, 1.82) is 0 Å². The van der Waals surface area contributed by atoms with Crippen molar-refractivity contribution in [3.63, 3.8) is 0 Å². The van der Waals surface area contributed by atoms with Crippen LogP contribution in [0.4, 0.5) is 0 Å². The lowest BCUT2D eigenvalue weighted by atomic mass is 10.00. The monoisotopic (exact) mass is 349 g/mol. The first-order valence-corrected chi connectivity index (χ1v) is 8.38. The number of hydrogen-bond donors (Lipinski definition) is 3. The fourth-order valence-electron chi connectivity index (χ4n) is 2.09. The minimum absolute atomic E-state index is 0.103. The molecule has 2 aromatic rings. The molecule has 0 radical (unpaired) electrons. The van der Waals surface area contributed by atoms with Gasteiger partial charge in [0, 0.05) is 0 Å². The minimum Gasteiger partial charge on any atom is -0.480 e. The third kappa shape index (κ3) is 3.79. The Morgan fingerprint density at radius 2 is 1.58 bits per heavy atom. The molecule has 7 nitrogen and oxygen atoms in total. The van der Waals surface area contributed by atoms with Gasteiger partial charge in [0.15, 0.2) is 0 Å². The molecule has 0 aliphatic rings. The number of aliphatic carboxylic acids is 1. The van der Waals surface area contributed by atoms with Gasteiger partial charge in [-0.3, -0.25) is 4.79 Å². The standard InChI is InChI=1S/C16H15NO6S/c1-10(15(18)19)17-24(22,23)12-8-6-11(7-9-12)13-4-2-3-5-14(13)16(20)21/h2-10,17H,1H3,(H,18,19)(H,20,21). The second-order valence-electron chi connectivity index (χ2n) is 5.06. The fourth-order valence-corrected chi connectivity index (χ4v) is 3.28. The largest absolute Gasteiger partial charge is 0.480 e. The van der Waals surface area contributed by atoms with Crippen molar-refractivity contribution in [3.8, 4) is 11.1 Å². The van der Waals surface area contributed by atoms with Gasteiger partial charge in [-0.2, -0.15) is 4.72 Å². The van der Waals surface area contributed by atoms with Crippen molar-refractivity contribution in [2.75, 3.05) is 0 Å². The number of aromatic carboxylic acids is 1. The Labute approximate surface area is 138 Å². The van der Waals surface area contributed by atoms with Gasteiger partial charge >= 0.3 is 11.9 Å². The number of carboxylic acids is 2. The van der Waals surface area contributed by atoms with Crippen molar-refractivity contribution in [1.82, 2.24) is 4.72 Å². The molecule has 2 aromatic carbocycles. The molecule has 0 aliphatic carbocycles. The number of carboxylic acid groups (broad SMARTS) is 2. The second-order valence-corrected chi connectivity index (χ2v) is 6.77. The van der Waals surface area contributed by atoms with Gasteiger partial charge in [-0.1, -0.05) is 30.3 Å². The summed E-state index contributed by atoms with van der Waals surface area (Å²) in [4.78, 5) is 21.9. The third-order valence-electron chi connectivity index (χ3n) is 3.34. The Morgan fingerprint density at radius 3 is 2.12 bits per heavy atom. The Hall–Kier alpha value is -2.71. The fraction of sp³-hybridized carbons (Fsp3) is 0.125. The molecule has 0 saturated carbocycles. The van der Waals surface area contributed by atoms with E-state index in [0.29, 0.717) is 11.1 Å². The van der Waals surface area contributed by atoms with E-state index in [0.717, 1.165) is 0 Å². The normalized spacial score (nSPS) is 12.5. The molecule has 0 aliphatic heterocycles. The van der Waals surface area contributed by atoms with Gasteiger partial charge in [-0.15, -0.1) is 0 Å². The maximum atomic E-state index is 12.1. The highest BCUT2D eigenvalue weighted by Gasteiger charge is 2.21. The van der Waals surface area contributed by atoms with E-state index in [9.17, 15) is 23.1 Å². The zero-order chi connectivity index (χ0) is 17.9. The smallest absolute Gasteiger partial charge is 0.336 e. The summed E-state index contributed by atoms with van der Waals surface area (Å²) >= 11 is 0. The molecule has 0 heterocycles. The molecule has 0 bridgehead atoms. The zero-order valence-electron chi connectivity index (χ0n) is 12.6. The van der Waals surface area contributed by atoms with E-state index in [-0.39, 0.29) is 10.5 Å². The predicted molar refractivity (Wildman–Crippen MR) is 86.3 cm³/mol. The van der Waals surface area contributed by atoms with Gasteiger partial charge in [0.25, 0.3) is 0 Å². The predicted octanol–water partition coefficient (Wildman–Crippen LogP) is 1.80.